The van der Waals surface area contributed by atoms with Gasteiger partial charge in [-0.25, -0.2) is 0 Å². The first-order valence-electron chi connectivity index (χ1n) is 20.7. The molecule has 2 spiro atoms. The van der Waals surface area contributed by atoms with Gasteiger partial charge in [0, 0.05) is 81.6 Å². The predicted molar refractivity (Wildman–Crippen MR) is 229 cm³/mol. The normalized spacial score (nSPS) is 23.8. The van der Waals surface area contributed by atoms with Gasteiger partial charge in [-0.15, -0.1) is 0 Å². The maximum Gasteiger partial charge on any atom is 0.255 e. The van der Waals surface area contributed by atoms with Crippen LogP contribution in [0.25, 0.3) is 11.1 Å². The van der Waals surface area contributed by atoms with Crippen LogP contribution in [0.4, 0.5) is 11.4 Å². The molecule has 2 saturated heterocycles. The average molecular weight is 856 g/mol. The Labute approximate surface area is 361 Å². The summed E-state index contributed by atoms with van der Waals surface area (Å²) in [4.78, 5) is 81.1. The Morgan fingerprint density at radius 3 is 2.46 bits per heavy atom. The highest BCUT2D eigenvalue weighted by molar-refractivity contribution is 6.37. The van der Waals surface area contributed by atoms with Crippen LogP contribution in [-0.2, 0) is 31.1 Å². The summed E-state index contributed by atoms with van der Waals surface area (Å²) in [7, 11) is 0. The zero-order valence-corrected chi connectivity index (χ0v) is 34.4. The van der Waals surface area contributed by atoms with E-state index in [2.05, 4.69) is 38.4 Å². The van der Waals surface area contributed by atoms with Gasteiger partial charge >= 0.3 is 0 Å². The number of piperidine rings is 1. The van der Waals surface area contributed by atoms with Crippen molar-refractivity contribution < 1.29 is 28.8 Å². The lowest BCUT2D eigenvalue weighted by atomic mass is 9.56. The summed E-state index contributed by atoms with van der Waals surface area (Å²) in [5, 5.41) is 16.2. The molecule has 14 heteroatoms. The fraction of sp³-hybridized carbons (Fsp3) is 0.319. The number of halogens is 2. The smallest absolute Gasteiger partial charge is 0.255 e. The lowest BCUT2D eigenvalue weighted by Gasteiger charge is -2.46. The predicted octanol–water partition coefficient (Wildman–Crippen LogP) is 6.19. The fourth-order valence-electron chi connectivity index (χ4n) is 10.9. The number of nitrogens with one attached hydrogen (secondary N) is 5. The quantitative estimate of drug-likeness (QED) is 0.0877. The van der Waals surface area contributed by atoms with Gasteiger partial charge in [-0.2, -0.15) is 0 Å². The molecule has 308 valence electrons. The summed E-state index contributed by atoms with van der Waals surface area (Å²) in [5.41, 5.74) is 4.81. The van der Waals surface area contributed by atoms with Crippen molar-refractivity contribution >= 4 is 70.0 Å². The summed E-state index contributed by atoms with van der Waals surface area (Å²) in [6.45, 7) is 0.496. The fourth-order valence-corrected chi connectivity index (χ4v) is 11.4. The van der Waals surface area contributed by atoms with E-state index in [1.807, 2.05) is 36.4 Å². The summed E-state index contributed by atoms with van der Waals surface area (Å²) < 4.78 is 0. The van der Waals surface area contributed by atoms with Crippen molar-refractivity contribution in [2.45, 2.75) is 86.9 Å². The maximum absolute atomic E-state index is 14.6. The Bertz CT molecular complexity index is 2680. The van der Waals surface area contributed by atoms with Crippen LogP contribution < -0.4 is 26.6 Å². The van der Waals surface area contributed by atoms with Crippen LogP contribution >= 0.6 is 23.2 Å². The van der Waals surface area contributed by atoms with Crippen LogP contribution in [0.3, 0.4) is 0 Å². The van der Waals surface area contributed by atoms with Crippen molar-refractivity contribution in [1.82, 2.24) is 20.9 Å². The number of carbonyl (C=O) groups is 6. The SMILES string of the molecule is O=C1CCC(N2Cc3c(C#CCCNC(=O)c4ccc(NC(=O)[C@@H]5NC6(CCCCC6)[C@]67C(=O)Nc8cc(Cl)c(cc86)-c6c(Cl)cccc6[C@@H]57)cc4)cccc3C2=O)C(=O)N1. The zero-order valence-electron chi connectivity index (χ0n) is 32.9. The Morgan fingerprint density at radius 1 is 0.885 bits per heavy atom. The van der Waals surface area contributed by atoms with Crippen LogP contribution in [0.2, 0.25) is 10.0 Å². The van der Waals surface area contributed by atoms with Crippen molar-refractivity contribution in [2.24, 2.45) is 0 Å². The third-order valence-electron chi connectivity index (χ3n) is 13.5. The van der Waals surface area contributed by atoms with Crippen molar-refractivity contribution in [1.29, 1.82) is 0 Å². The van der Waals surface area contributed by atoms with E-state index in [0.717, 1.165) is 59.9 Å². The molecule has 4 atom stereocenters. The molecule has 2 bridgehead atoms. The van der Waals surface area contributed by atoms with E-state index in [0.29, 0.717) is 44.5 Å². The molecule has 1 saturated carbocycles. The Morgan fingerprint density at radius 2 is 1.67 bits per heavy atom. The second-order valence-corrected chi connectivity index (χ2v) is 17.5. The van der Waals surface area contributed by atoms with Gasteiger partial charge in [0.1, 0.15) is 11.5 Å². The van der Waals surface area contributed by atoms with Gasteiger partial charge in [0.2, 0.25) is 23.6 Å². The summed E-state index contributed by atoms with van der Waals surface area (Å²) in [6.07, 6.45) is 5.13. The van der Waals surface area contributed by atoms with Gasteiger partial charge in [-0.1, -0.05) is 72.5 Å². The van der Waals surface area contributed by atoms with Crippen LogP contribution in [0.5, 0.6) is 0 Å². The van der Waals surface area contributed by atoms with E-state index in [9.17, 15) is 28.8 Å². The molecule has 4 aromatic carbocycles. The zero-order chi connectivity index (χ0) is 42.2. The second-order valence-electron chi connectivity index (χ2n) is 16.7. The standard InChI is InChI=1S/C47H40Cl2N6O6/c48-33-12-7-11-29-38(33)30-22-32-35(23-34(30)49)52-45(61)47(32)39(29)40(54-46(47)19-3-1-4-20-46)43(59)51-27-15-13-26(14-16-27)41(57)50-21-5-2-8-25-9-6-10-28-31(25)24-55(44(28)60)36-17-18-37(56)53-42(36)58/h6-7,9-16,22-23,36,39-40,54H,1,3-5,17-21,24H2,(H,50,57)(H,51,59)(H,52,61)(H,53,56,58)/t36?,39-,40+,47+/m0/s1. The number of rotatable bonds is 6. The van der Waals surface area contributed by atoms with Gasteiger partial charge in [0.15, 0.2) is 0 Å². The van der Waals surface area contributed by atoms with Crippen molar-refractivity contribution in [3.8, 4) is 23.0 Å². The van der Waals surface area contributed by atoms with Crippen LogP contribution in [0, 0.1) is 11.8 Å². The second kappa shape index (κ2) is 14.9. The molecule has 4 heterocycles. The first-order valence-corrected chi connectivity index (χ1v) is 21.4. The number of benzene rings is 4. The van der Waals surface area contributed by atoms with Crippen LogP contribution in [0.15, 0.2) is 72.8 Å². The minimum atomic E-state index is -1.08. The van der Waals surface area contributed by atoms with Gasteiger partial charge in [0.25, 0.3) is 11.8 Å². The van der Waals surface area contributed by atoms with E-state index in [-0.39, 0.29) is 55.5 Å². The molecule has 12 nitrogen and oxygen atoms in total. The van der Waals surface area contributed by atoms with Crippen molar-refractivity contribution in [2.75, 3.05) is 17.2 Å². The van der Waals surface area contributed by atoms with E-state index in [1.54, 1.807) is 36.4 Å². The average Bonchev–Trinajstić information content (AvgIpc) is 3.81. The maximum atomic E-state index is 14.6. The van der Waals surface area contributed by atoms with Gasteiger partial charge in [0.05, 0.1) is 11.1 Å². The van der Waals surface area contributed by atoms with Gasteiger partial charge < -0.3 is 20.9 Å². The molecule has 0 radical (unpaired) electrons. The first kappa shape index (κ1) is 39.2. The molecule has 4 aliphatic heterocycles. The molecule has 6 amide bonds. The number of hydrogen-bond donors (Lipinski definition) is 5. The third-order valence-corrected chi connectivity index (χ3v) is 14.1. The number of amides is 6. The van der Waals surface area contributed by atoms with E-state index in [1.165, 1.54) is 4.90 Å². The molecule has 5 N–H and O–H groups in total. The number of nitrogens with zero attached hydrogens (tertiary/aromatic N) is 1. The largest absolute Gasteiger partial charge is 0.351 e. The Hall–Kier alpha value is -6.00. The minimum Gasteiger partial charge on any atom is -0.351 e. The van der Waals surface area contributed by atoms with E-state index >= 15 is 0 Å². The number of carbonyl (C=O) groups excluding carboxylic acids is 6. The number of fused-ring (bicyclic) bond motifs is 5. The molecule has 4 aromatic rings. The molecule has 0 aromatic heterocycles. The molecule has 1 unspecified atom stereocenters. The number of anilines is 2. The van der Waals surface area contributed by atoms with Crippen LogP contribution in [0.1, 0.15) is 100 Å². The van der Waals surface area contributed by atoms with Crippen LogP contribution in [-0.4, -0.2) is 64.5 Å². The lowest BCUT2D eigenvalue weighted by Crippen LogP contribution is -2.60. The molecule has 10 rings (SSSR count). The first-order chi connectivity index (χ1) is 29.5. The molecule has 2 aliphatic carbocycles. The molecule has 3 fully saturated rings. The highest BCUT2D eigenvalue weighted by Gasteiger charge is 2.73. The van der Waals surface area contributed by atoms with Gasteiger partial charge in [-0.3, -0.25) is 39.4 Å². The molecule has 6 aliphatic rings. The third kappa shape index (κ3) is 6.08. The Kier molecular flexibility index (Phi) is 9.54. The lowest BCUT2D eigenvalue weighted by molar-refractivity contribution is -0.137. The summed E-state index contributed by atoms with van der Waals surface area (Å²) in [6, 6.07) is 19.9. The van der Waals surface area contributed by atoms with Crippen molar-refractivity contribution in [3.63, 3.8) is 0 Å². The number of imide groups is 1. The Balaban J connectivity index is 0.828. The number of hydrogen-bond acceptors (Lipinski definition) is 7. The van der Waals surface area contributed by atoms with E-state index < -0.39 is 34.9 Å². The monoisotopic (exact) mass is 854 g/mol. The topological polar surface area (TPSA) is 166 Å². The minimum absolute atomic E-state index is 0.141. The molecular weight excluding hydrogens is 815 g/mol. The van der Waals surface area contributed by atoms with Crippen molar-refractivity contribution in [3.05, 3.63) is 116 Å². The van der Waals surface area contributed by atoms with Gasteiger partial charge in [-0.05, 0) is 90.6 Å². The highest BCUT2D eigenvalue weighted by atomic mass is 35.5. The molecular formula is C47H40Cl2N6O6. The summed E-state index contributed by atoms with van der Waals surface area (Å²) in [5.74, 6) is 3.79. The molecule has 61 heavy (non-hydrogen) atoms. The highest BCUT2D eigenvalue weighted by Crippen LogP contribution is 2.66. The summed E-state index contributed by atoms with van der Waals surface area (Å²) >= 11 is 13.8. The van der Waals surface area contributed by atoms with E-state index in [4.69, 9.17) is 23.2 Å².